The van der Waals surface area contributed by atoms with E-state index < -0.39 is 0 Å². The Bertz CT molecular complexity index is 1720. The quantitative estimate of drug-likeness (QED) is 0.196. The number of nitrogens with zero attached hydrogens (tertiary/aromatic N) is 3. The summed E-state index contributed by atoms with van der Waals surface area (Å²) >= 11 is 7.55. The molecule has 1 aliphatic rings. The summed E-state index contributed by atoms with van der Waals surface area (Å²) in [5.41, 5.74) is 7.19. The van der Waals surface area contributed by atoms with E-state index in [-0.39, 0.29) is 11.5 Å². The van der Waals surface area contributed by atoms with Crippen molar-refractivity contribution in [2.24, 2.45) is 11.8 Å². The number of halogens is 1. The highest BCUT2D eigenvalue weighted by Crippen LogP contribution is 2.33. The molecular weight excluding hydrogens is 586 g/mol. The summed E-state index contributed by atoms with van der Waals surface area (Å²) in [5, 5.41) is 3.21. The van der Waals surface area contributed by atoms with Crippen LogP contribution in [0.5, 0.6) is 0 Å². The van der Waals surface area contributed by atoms with E-state index in [4.69, 9.17) is 16.6 Å². The van der Waals surface area contributed by atoms with Crippen LogP contribution in [0.1, 0.15) is 81.6 Å². The van der Waals surface area contributed by atoms with Crippen LogP contribution < -0.4 is 5.56 Å². The molecule has 1 aliphatic heterocycles. The number of rotatable bonds is 8. The van der Waals surface area contributed by atoms with Crippen LogP contribution in [-0.4, -0.2) is 33.4 Å². The standard InChI is InChI=1S/C37H42ClN3O2S/c1-7-25-11-9-12-26(8-2)34(25)41-33(19-23(3)4)30(36(42)40-18-10-13-28(21-40)24(5)6)20-31(37(41)43)35-39-32(22-44-35)27-14-16-29(38)17-15-27/h9,11-12,14-17,19-20,22,24,28H,7-8,10,13,18,21H2,1-6H3. The second-order valence-corrected chi connectivity index (χ2v) is 13.6. The molecule has 1 amide bonds. The molecule has 0 N–H and O–H groups in total. The first-order chi connectivity index (χ1) is 21.1. The van der Waals surface area contributed by atoms with Crippen LogP contribution >= 0.6 is 22.9 Å². The molecule has 5 rings (SSSR count). The number of piperidine rings is 1. The third-order valence-electron chi connectivity index (χ3n) is 8.65. The summed E-state index contributed by atoms with van der Waals surface area (Å²) in [7, 11) is 0. The van der Waals surface area contributed by atoms with Crippen molar-refractivity contribution in [1.29, 1.82) is 0 Å². The Hall–Kier alpha value is -3.48. The van der Waals surface area contributed by atoms with Crippen LogP contribution in [0.2, 0.25) is 5.02 Å². The van der Waals surface area contributed by atoms with Gasteiger partial charge in [-0.1, -0.05) is 75.2 Å². The first-order valence-electron chi connectivity index (χ1n) is 15.7. The summed E-state index contributed by atoms with van der Waals surface area (Å²) in [6, 6.07) is 15.6. The van der Waals surface area contributed by atoms with Crippen molar-refractivity contribution in [3.8, 4) is 27.5 Å². The van der Waals surface area contributed by atoms with Gasteiger partial charge in [0.25, 0.3) is 11.5 Å². The number of para-hydroxylation sites is 1. The zero-order valence-corrected chi connectivity index (χ0v) is 28.2. The number of carbonyl (C=O) groups is 1. The van der Waals surface area contributed by atoms with Gasteiger partial charge in [0, 0.05) is 29.1 Å². The molecule has 3 heterocycles. The number of amides is 1. The van der Waals surface area contributed by atoms with Gasteiger partial charge in [0.1, 0.15) is 5.01 Å². The molecule has 1 saturated heterocycles. The first-order valence-corrected chi connectivity index (χ1v) is 17.0. The first kappa shape index (κ1) is 31.9. The Kier molecular flexibility index (Phi) is 9.91. The van der Waals surface area contributed by atoms with E-state index >= 15 is 0 Å². The third-order valence-corrected chi connectivity index (χ3v) is 9.77. The van der Waals surface area contributed by atoms with E-state index in [1.165, 1.54) is 11.3 Å². The summed E-state index contributed by atoms with van der Waals surface area (Å²) in [6.45, 7) is 14.2. The average Bonchev–Trinajstić information content (AvgIpc) is 3.51. The molecule has 44 heavy (non-hydrogen) atoms. The fourth-order valence-corrected chi connectivity index (χ4v) is 7.12. The van der Waals surface area contributed by atoms with Gasteiger partial charge >= 0.3 is 0 Å². The molecule has 2 aromatic carbocycles. The molecule has 0 bridgehead atoms. The van der Waals surface area contributed by atoms with Gasteiger partial charge in [0.2, 0.25) is 0 Å². The minimum atomic E-state index is -0.166. The molecule has 1 fully saturated rings. The number of aryl methyl sites for hydroxylation is 2. The van der Waals surface area contributed by atoms with Gasteiger partial charge in [-0.3, -0.25) is 14.2 Å². The minimum Gasteiger partial charge on any atom is -0.338 e. The molecule has 0 radical (unpaired) electrons. The Morgan fingerprint density at radius 3 is 2.39 bits per heavy atom. The Balaban J connectivity index is 1.80. The van der Waals surface area contributed by atoms with E-state index in [0.29, 0.717) is 45.2 Å². The molecular formula is C37H42ClN3O2S. The van der Waals surface area contributed by atoms with Gasteiger partial charge in [-0.25, -0.2) is 4.98 Å². The number of hydrogen-bond acceptors (Lipinski definition) is 4. The van der Waals surface area contributed by atoms with Crippen LogP contribution in [0.25, 0.3) is 33.6 Å². The SMILES string of the molecule is CCc1cccc(CC)c1-n1c(C=C(C)C)c(C(=O)N2CCCC(C(C)C)C2)cc(-c2nc(-c3ccc(Cl)cc3)cs2)c1=O. The molecule has 2 aromatic heterocycles. The molecule has 4 aromatic rings. The van der Waals surface area contributed by atoms with E-state index in [2.05, 4.69) is 45.9 Å². The second kappa shape index (κ2) is 13.7. The number of thiazole rings is 1. The van der Waals surface area contributed by atoms with Crippen molar-refractivity contribution in [2.75, 3.05) is 13.1 Å². The summed E-state index contributed by atoms with van der Waals surface area (Å²) in [6.07, 6.45) is 5.63. The van der Waals surface area contributed by atoms with Gasteiger partial charge in [0.05, 0.1) is 28.2 Å². The van der Waals surface area contributed by atoms with Crippen molar-refractivity contribution in [2.45, 2.75) is 67.2 Å². The average molecular weight is 628 g/mol. The van der Waals surface area contributed by atoms with Gasteiger partial charge < -0.3 is 4.90 Å². The summed E-state index contributed by atoms with van der Waals surface area (Å²) in [5.74, 6) is 0.926. The topological polar surface area (TPSA) is 55.2 Å². The molecule has 1 atom stereocenters. The van der Waals surface area contributed by atoms with Crippen molar-refractivity contribution in [3.63, 3.8) is 0 Å². The Morgan fingerprint density at radius 1 is 1.09 bits per heavy atom. The van der Waals surface area contributed by atoms with E-state index in [9.17, 15) is 9.59 Å². The van der Waals surface area contributed by atoms with Gasteiger partial charge in [0.15, 0.2) is 0 Å². The Labute approximate surface area is 270 Å². The second-order valence-electron chi connectivity index (χ2n) is 12.3. The van der Waals surface area contributed by atoms with Crippen LogP contribution in [0.15, 0.2) is 64.3 Å². The largest absolute Gasteiger partial charge is 0.338 e. The third kappa shape index (κ3) is 6.47. The normalized spacial score (nSPS) is 15.1. The lowest BCUT2D eigenvalue weighted by Gasteiger charge is -2.35. The van der Waals surface area contributed by atoms with Gasteiger partial charge in [-0.15, -0.1) is 11.3 Å². The minimum absolute atomic E-state index is 0.0284. The van der Waals surface area contributed by atoms with E-state index in [1.807, 2.05) is 54.5 Å². The zero-order valence-electron chi connectivity index (χ0n) is 26.6. The molecule has 0 saturated carbocycles. The zero-order chi connectivity index (χ0) is 31.5. The van der Waals surface area contributed by atoms with Crippen LogP contribution in [-0.2, 0) is 12.8 Å². The fraction of sp³-hybridized carbons (Fsp3) is 0.378. The molecule has 5 nitrogen and oxygen atoms in total. The predicted octanol–water partition coefficient (Wildman–Crippen LogP) is 9.34. The molecule has 0 spiro atoms. The van der Waals surface area contributed by atoms with Crippen molar-refractivity contribution in [1.82, 2.24) is 14.5 Å². The van der Waals surface area contributed by atoms with Gasteiger partial charge in [-0.2, -0.15) is 0 Å². The summed E-state index contributed by atoms with van der Waals surface area (Å²) < 4.78 is 1.81. The molecule has 7 heteroatoms. The number of carbonyl (C=O) groups excluding carboxylic acids is 1. The highest BCUT2D eigenvalue weighted by Gasteiger charge is 2.30. The van der Waals surface area contributed by atoms with E-state index in [1.54, 1.807) is 10.6 Å². The van der Waals surface area contributed by atoms with Crippen LogP contribution in [0.3, 0.4) is 0 Å². The highest BCUT2D eigenvalue weighted by molar-refractivity contribution is 7.13. The van der Waals surface area contributed by atoms with Crippen molar-refractivity contribution < 1.29 is 4.79 Å². The number of aromatic nitrogens is 2. The number of hydrogen-bond donors (Lipinski definition) is 0. The lowest BCUT2D eigenvalue weighted by atomic mass is 9.87. The van der Waals surface area contributed by atoms with E-state index in [0.717, 1.165) is 65.9 Å². The maximum Gasteiger partial charge on any atom is 0.265 e. The Morgan fingerprint density at radius 2 is 1.77 bits per heavy atom. The fourth-order valence-electron chi connectivity index (χ4n) is 6.15. The predicted molar refractivity (Wildman–Crippen MR) is 185 cm³/mol. The monoisotopic (exact) mass is 627 g/mol. The lowest BCUT2D eigenvalue weighted by Crippen LogP contribution is -2.42. The number of likely N-dealkylation sites (tertiary alicyclic amines) is 1. The van der Waals surface area contributed by atoms with Crippen molar-refractivity contribution >= 4 is 34.9 Å². The summed E-state index contributed by atoms with van der Waals surface area (Å²) in [4.78, 5) is 36.2. The van der Waals surface area contributed by atoms with Gasteiger partial charge in [-0.05, 0) is 86.8 Å². The smallest absolute Gasteiger partial charge is 0.265 e. The maximum absolute atomic E-state index is 14.7. The molecule has 0 aliphatic carbocycles. The molecule has 230 valence electrons. The maximum atomic E-state index is 14.7. The number of benzene rings is 2. The highest BCUT2D eigenvalue weighted by atomic mass is 35.5. The number of allylic oxidation sites excluding steroid dienone is 1. The molecule has 1 unspecified atom stereocenters. The van der Waals surface area contributed by atoms with Crippen LogP contribution in [0, 0.1) is 11.8 Å². The number of pyridine rings is 1. The van der Waals surface area contributed by atoms with Crippen molar-refractivity contribution in [3.05, 3.63) is 97.2 Å². The van der Waals surface area contributed by atoms with Crippen LogP contribution in [0.4, 0.5) is 0 Å². The lowest BCUT2D eigenvalue weighted by molar-refractivity contribution is 0.0640.